The van der Waals surface area contributed by atoms with Gasteiger partial charge in [-0.3, -0.25) is 4.79 Å². The van der Waals surface area contributed by atoms with E-state index in [-0.39, 0.29) is 16.6 Å². The predicted molar refractivity (Wildman–Crippen MR) is 117 cm³/mol. The minimum absolute atomic E-state index is 0.0169. The van der Waals surface area contributed by atoms with Crippen LogP contribution in [0.4, 0.5) is 0 Å². The molecule has 1 aliphatic rings. The number of hydrogen-bond acceptors (Lipinski definition) is 6. The van der Waals surface area contributed by atoms with Crippen LogP contribution >= 0.6 is 11.8 Å². The molecule has 30 heavy (non-hydrogen) atoms. The van der Waals surface area contributed by atoms with Gasteiger partial charge in [-0.1, -0.05) is 42.1 Å². The van der Waals surface area contributed by atoms with E-state index in [2.05, 4.69) is 10.1 Å². The molecule has 156 valence electrons. The zero-order valence-corrected chi connectivity index (χ0v) is 18.0. The summed E-state index contributed by atoms with van der Waals surface area (Å²) in [6.07, 6.45) is 0.726. The maximum Gasteiger partial charge on any atom is 0.253 e. The number of hydrazone groups is 1. The molecule has 4 rings (SSSR count). The normalized spacial score (nSPS) is 14.3. The lowest BCUT2D eigenvalue weighted by Crippen LogP contribution is -2.25. The molecule has 2 aromatic carbocycles. The third kappa shape index (κ3) is 4.11. The number of imidazole rings is 1. The average Bonchev–Trinajstić information content (AvgIpc) is 3.36. The van der Waals surface area contributed by atoms with Crippen molar-refractivity contribution in [2.24, 2.45) is 10.2 Å². The summed E-state index contributed by atoms with van der Waals surface area (Å²) in [7, 11) is -3.80. The van der Waals surface area contributed by atoms with Crippen molar-refractivity contribution in [1.82, 2.24) is 14.6 Å². The van der Waals surface area contributed by atoms with Gasteiger partial charge >= 0.3 is 0 Å². The third-order valence-electron chi connectivity index (χ3n) is 4.85. The summed E-state index contributed by atoms with van der Waals surface area (Å²) >= 11 is 1.31. The summed E-state index contributed by atoms with van der Waals surface area (Å²) < 4.78 is 25.2. The Morgan fingerprint density at radius 3 is 2.67 bits per heavy atom. The molecule has 0 fully saturated rings. The fraction of sp³-hybridized carbons (Fsp3) is 0.250. The lowest BCUT2D eigenvalue weighted by molar-refractivity contribution is -0.127. The summed E-state index contributed by atoms with van der Waals surface area (Å²) in [6.45, 7) is 3.17. The second-order valence-electron chi connectivity index (χ2n) is 6.80. The number of sulfonamides is 1. The first-order valence-electron chi connectivity index (χ1n) is 9.46. The molecular weight excluding hydrogens is 422 g/mol. The number of carbonyl (C=O) groups is 1. The van der Waals surface area contributed by atoms with Crippen LogP contribution in [0, 0.1) is 0 Å². The number of rotatable bonds is 6. The molecule has 1 amide bonds. The molecule has 0 saturated heterocycles. The van der Waals surface area contributed by atoms with Crippen LogP contribution in [-0.4, -0.2) is 46.9 Å². The van der Waals surface area contributed by atoms with E-state index in [9.17, 15) is 13.2 Å². The van der Waals surface area contributed by atoms with Crippen molar-refractivity contribution in [3.05, 3.63) is 54.1 Å². The number of nitrogens with zero attached hydrogens (tertiary/aromatic N) is 4. The summed E-state index contributed by atoms with van der Waals surface area (Å²) in [5, 5.41) is 11.8. The molecule has 1 aromatic heterocycles. The quantitative estimate of drug-likeness (QED) is 0.588. The highest BCUT2D eigenvalue weighted by Crippen LogP contribution is 2.26. The summed E-state index contributed by atoms with van der Waals surface area (Å²) in [6, 6.07) is 14.4. The maximum atomic E-state index is 12.7. The molecule has 10 heteroatoms. The van der Waals surface area contributed by atoms with Crippen molar-refractivity contribution in [2.75, 3.05) is 12.3 Å². The number of aryl methyl sites for hydroxylation is 1. The van der Waals surface area contributed by atoms with Gasteiger partial charge in [0.1, 0.15) is 0 Å². The van der Waals surface area contributed by atoms with Crippen LogP contribution in [0.25, 0.3) is 11.0 Å². The maximum absolute atomic E-state index is 12.7. The number of nitrogens with two attached hydrogens (primary N) is 1. The number of hydrogen-bond donors (Lipinski definition) is 1. The summed E-state index contributed by atoms with van der Waals surface area (Å²) in [5.74, 6) is 0.0996. The number of aromatic nitrogens is 2. The van der Waals surface area contributed by atoms with Crippen LogP contribution in [0.1, 0.15) is 18.9 Å². The Bertz CT molecular complexity index is 1240. The average molecular weight is 444 g/mol. The van der Waals surface area contributed by atoms with Crippen LogP contribution in [0.15, 0.2) is 63.7 Å². The van der Waals surface area contributed by atoms with Crippen molar-refractivity contribution in [3.8, 4) is 0 Å². The van der Waals surface area contributed by atoms with Gasteiger partial charge in [-0.25, -0.2) is 23.5 Å². The van der Waals surface area contributed by atoms with Crippen molar-refractivity contribution in [1.29, 1.82) is 0 Å². The number of amides is 1. The minimum atomic E-state index is -3.80. The van der Waals surface area contributed by atoms with Crippen molar-refractivity contribution >= 4 is 44.4 Å². The van der Waals surface area contributed by atoms with E-state index < -0.39 is 10.0 Å². The monoisotopic (exact) mass is 443 g/mol. The first-order chi connectivity index (χ1) is 14.4. The van der Waals surface area contributed by atoms with Crippen LogP contribution in [-0.2, 0) is 21.4 Å². The van der Waals surface area contributed by atoms with Crippen molar-refractivity contribution in [3.63, 3.8) is 0 Å². The largest absolute Gasteiger partial charge is 0.319 e. The zero-order chi connectivity index (χ0) is 21.3. The highest BCUT2D eigenvalue weighted by atomic mass is 32.2. The number of benzene rings is 2. The van der Waals surface area contributed by atoms with Gasteiger partial charge in [-0.15, -0.1) is 0 Å². The molecule has 0 spiro atoms. The van der Waals surface area contributed by atoms with Crippen LogP contribution in [0.5, 0.6) is 0 Å². The standard InChI is InChI=1S/C20H21N5O3S2/c1-2-24-18-9-8-15(30(21,27)28)12-17(18)22-20(24)29-13-19(26)25-11-10-16(23-25)14-6-4-3-5-7-14/h3-9,12H,2,10-11,13H2,1H3,(H2,21,27,28). The molecule has 0 saturated carbocycles. The number of thioether (sulfide) groups is 1. The Morgan fingerprint density at radius 1 is 1.20 bits per heavy atom. The lowest BCUT2D eigenvalue weighted by atomic mass is 10.1. The third-order valence-corrected chi connectivity index (χ3v) is 6.72. The topological polar surface area (TPSA) is 111 Å². The Balaban J connectivity index is 1.50. The Kier molecular flexibility index (Phi) is 5.63. The fourth-order valence-corrected chi connectivity index (χ4v) is 4.83. The Morgan fingerprint density at radius 2 is 1.97 bits per heavy atom. The molecule has 0 bridgehead atoms. The van der Waals surface area contributed by atoms with Gasteiger partial charge in [0.2, 0.25) is 10.0 Å². The van der Waals surface area contributed by atoms with Crippen LogP contribution < -0.4 is 5.14 Å². The van der Waals surface area contributed by atoms with E-state index in [4.69, 9.17) is 5.14 Å². The molecule has 0 unspecified atom stereocenters. The molecule has 0 atom stereocenters. The fourth-order valence-electron chi connectivity index (χ4n) is 3.35. The first-order valence-corrected chi connectivity index (χ1v) is 12.0. The highest BCUT2D eigenvalue weighted by Gasteiger charge is 2.22. The van der Waals surface area contributed by atoms with Crippen LogP contribution in [0.2, 0.25) is 0 Å². The molecule has 1 aliphatic heterocycles. The van der Waals surface area contributed by atoms with Crippen molar-refractivity contribution in [2.45, 2.75) is 29.9 Å². The van der Waals surface area contributed by atoms with Gasteiger partial charge in [0.25, 0.3) is 5.91 Å². The van der Waals surface area contributed by atoms with Crippen molar-refractivity contribution < 1.29 is 13.2 Å². The molecule has 0 radical (unpaired) electrons. The van der Waals surface area contributed by atoms with Gasteiger partial charge < -0.3 is 4.57 Å². The molecular formula is C20H21N5O3S2. The first kappa shape index (κ1) is 20.6. The summed E-state index contributed by atoms with van der Waals surface area (Å²) in [4.78, 5) is 17.2. The van der Waals surface area contributed by atoms with E-state index >= 15 is 0 Å². The number of fused-ring (bicyclic) bond motifs is 1. The zero-order valence-electron chi connectivity index (χ0n) is 16.4. The highest BCUT2D eigenvalue weighted by molar-refractivity contribution is 7.99. The molecule has 8 nitrogen and oxygen atoms in total. The summed E-state index contributed by atoms with van der Waals surface area (Å²) in [5.41, 5.74) is 3.26. The SMILES string of the molecule is CCn1c(SCC(=O)N2CCC(c3ccccc3)=N2)nc2cc(S(N)(=O)=O)ccc21. The number of primary sulfonamides is 1. The number of carbonyl (C=O) groups excluding carboxylic acids is 1. The Labute approximate surface area is 178 Å². The molecule has 3 aromatic rings. The van der Waals surface area contributed by atoms with Gasteiger partial charge in [-0.2, -0.15) is 5.10 Å². The minimum Gasteiger partial charge on any atom is -0.319 e. The molecule has 2 heterocycles. The van der Waals surface area contributed by atoms with E-state index in [0.717, 1.165) is 23.2 Å². The van der Waals surface area contributed by atoms with Gasteiger partial charge in [-0.05, 0) is 30.7 Å². The van der Waals surface area contributed by atoms with E-state index in [1.165, 1.54) is 28.9 Å². The van der Waals surface area contributed by atoms with Crippen LogP contribution in [0.3, 0.4) is 0 Å². The van der Waals surface area contributed by atoms with Gasteiger partial charge in [0.15, 0.2) is 5.16 Å². The lowest BCUT2D eigenvalue weighted by Gasteiger charge is -2.11. The molecule has 0 aliphatic carbocycles. The van der Waals surface area contributed by atoms with Gasteiger partial charge in [0, 0.05) is 13.0 Å². The Hall–Kier alpha value is -2.69. The second-order valence-corrected chi connectivity index (χ2v) is 9.31. The predicted octanol–water partition coefficient (Wildman–Crippen LogP) is 2.43. The smallest absolute Gasteiger partial charge is 0.253 e. The van der Waals surface area contributed by atoms with Gasteiger partial charge in [0.05, 0.1) is 33.9 Å². The molecule has 2 N–H and O–H groups in total. The van der Waals surface area contributed by atoms with E-state index in [1.807, 2.05) is 41.8 Å². The second kappa shape index (κ2) is 8.21. The van der Waals surface area contributed by atoms with E-state index in [1.54, 1.807) is 6.07 Å². The van der Waals surface area contributed by atoms with E-state index in [0.29, 0.717) is 23.8 Å².